The minimum absolute atomic E-state index is 0.234. The highest BCUT2D eigenvalue weighted by atomic mass is 127. The molecule has 1 aromatic rings. The van der Waals surface area contributed by atoms with E-state index in [1.807, 2.05) is 18.2 Å². The minimum Gasteiger partial charge on any atom is -0.294 e. The smallest absolute Gasteiger partial charge is 0.167 e. The molecule has 1 aliphatic carbocycles. The third kappa shape index (κ3) is 3.35. The van der Waals surface area contributed by atoms with Crippen molar-refractivity contribution in [2.75, 3.05) is 0 Å². The first-order valence-corrected chi connectivity index (χ1v) is 8.48. The van der Waals surface area contributed by atoms with Gasteiger partial charge in [0.2, 0.25) is 0 Å². The summed E-state index contributed by atoms with van der Waals surface area (Å²) < 4.78 is 2.06. The minimum atomic E-state index is 0.234. The molecule has 2 rings (SSSR count). The number of ketones is 1. The number of benzene rings is 1. The van der Waals surface area contributed by atoms with Crippen molar-refractivity contribution in [3.63, 3.8) is 0 Å². The molecule has 0 radical (unpaired) electrons. The first kappa shape index (κ1) is 14.5. The Labute approximate surface area is 131 Å². The molecule has 3 heteroatoms. The number of hydrogen-bond acceptors (Lipinski definition) is 1. The second-order valence-electron chi connectivity index (χ2n) is 5.13. The van der Waals surface area contributed by atoms with Gasteiger partial charge in [-0.2, -0.15) is 0 Å². The van der Waals surface area contributed by atoms with Crippen molar-refractivity contribution in [1.29, 1.82) is 0 Å². The van der Waals surface area contributed by atoms with E-state index >= 15 is 0 Å². The maximum Gasteiger partial charge on any atom is 0.167 e. The SMILES string of the molecule is CCC1CCCC(C(=O)c2cc(I)ccc2Br)C1. The first-order valence-electron chi connectivity index (χ1n) is 6.61. The van der Waals surface area contributed by atoms with E-state index in [0.717, 1.165) is 32.4 Å². The summed E-state index contributed by atoms with van der Waals surface area (Å²) in [4.78, 5) is 12.6. The van der Waals surface area contributed by atoms with Gasteiger partial charge < -0.3 is 0 Å². The Bertz CT molecular complexity index is 444. The number of rotatable bonds is 3. The summed E-state index contributed by atoms with van der Waals surface area (Å²) in [7, 11) is 0. The van der Waals surface area contributed by atoms with Gasteiger partial charge in [0, 0.05) is 19.5 Å². The van der Waals surface area contributed by atoms with E-state index in [0.29, 0.717) is 5.78 Å². The van der Waals surface area contributed by atoms with Crippen LogP contribution < -0.4 is 0 Å². The van der Waals surface area contributed by atoms with E-state index < -0.39 is 0 Å². The third-order valence-corrected chi connectivity index (χ3v) is 5.29. The molecule has 0 bridgehead atoms. The number of hydrogen-bond donors (Lipinski definition) is 0. The van der Waals surface area contributed by atoms with Gasteiger partial charge in [0.05, 0.1) is 0 Å². The van der Waals surface area contributed by atoms with E-state index in [4.69, 9.17) is 0 Å². The van der Waals surface area contributed by atoms with Gasteiger partial charge in [-0.15, -0.1) is 0 Å². The van der Waals surface area contributed by atoms with Crippen molar-refractivity contribution in [2.45, 2.75) is 39.0 Å². The Morgan fingerprint density at radius 1 is 1.44 bits per heavy atom. The molecule has 2 atom stereocenters. The summed E-state index contributed by atoms with van der Waals surface area (Å²) in [6.07, 6.45) is 5.85. The van der Waals surface area contributed by atoms with Crippen molar-refractivity contribution in [1.82, 2.24) is 0 Å². The zero-order chi connectivity index (χ0) is 13.1. The van der Waals surface area contributed by atoms with E-state index in [-0.39, 0.29) is 5.92 Å². The Morgan fingerprint density at radius 2 is 2.22 bits per heavy atom. The number of carbonyl (C=O) groups excluding carboxylic acids is 1. The van der Waals surface area contributed by atoms with E-state index in [1.165, 1.54) is 19.3 Å². The Hall–Kier alpha value is 0.1000. The molecule has 0 aromatic heterocycles. The van der Waals surface area contributed by atoms with Gasteiger partial charge in [-0.1, -0.05) is 42.1 Å². The lowest BCUT2D eigenvalue weighted by Gasteiger charge is -2.27. The topological polar surface area (TPSA) is 17.1 Å². The number of carbonyl (C=O) groups is 1. The van der Waals surface area contributed by atoms with Crippen LogP contribution in [0.5, 0.6) is 0 Å². The Balaban J connectivity index is 2.17. The lowest BCUT2D eigenvalue weighted by Crippen LogP contribution is -2.23. The second kappa shape index (κ2) is 6.51. The van der Waals surface area contributed by atoms with E-state index in [9.17, 15) is 4.79 Å². The summed E-state index contributed by atoms with van der Waals surface area (Å²) in [6, 6.07) is 6.01. The second-order valence-corrected chi connectivity index (χ2v) is 7.23. The summed E-state index contributed by atoms with van der Waals surface area (Å²) in [6.45, 7) is 2.24. The van der Waals surface area contributed by atoms with Crippen molar-refractivity contribution in [2.24, 2.45) is 11.8 Å². The van der Waals surface area contributed by atoms with Gasteiger partial charge in [0.15, 0.2) is 5.78 Å². The van der Waals surface area contributed by atoms with Crippen LogP contribution in [0.2, 0.25) is 0 Å². The molecule has 0 heterocycles. The third-order valence-electron chi connectivity index (χ3n) is 3.92. The van der Waals surface area contributed by atoms with E-state index in [2.05, 4.69) is 45.4 Å². The van der Waals surface area contributed by atoms with Crippen LogP contribution in [0.1, 0.15) is 49.4 Å². The molecule has 98 valence electrons. The largest absolute Gasteiger partial charge is 0.294 e. The zero-order valence-corrected chi connectivity index (χ0v) is 14.3. The van der Waals surface area contributed by atoms with Crippen molar-refractivity contribution in [3.8, 4) is 0 Å². The first-order chi connectivity index (χ1) is 8.61. The van der Waals surface area contributed by atoms with Crippen molar-refractivity contribution < 1.29 is 4.79 Å². The summed E-state index contributed by atoms with van der Waals surface area (Å²) in [5.41, 5.74) is 0.864. The standard InChI is InChI=1S/C15H18BrIO/c1-2-10-4-3-5-11(8-10)15(18)13-9-12(17)6-7-14(13)16/h6-7,9-11H,2-5,8H2,1H3. The van der Waals surface area contributed by atoms with Crippen LogP contribution in [-0.2, 0) is 0 Å². The molecule has 0 saturated heterocycles. The fraction of sp³-hybridized carbons (Fsp3) is 0.533. The number of halogens is 2. The highest BCUT2D eigenvalue weighted by Gasteiger charge is 2.28. The Kier molecular flexibility index (Phi) is 5.24. The highest BCUT2D eigenvalue weighted by molar-refractivity contribution is 14.1. The molecule has 18 heavy (non-hydrogen) atoms. The predicted molar refractivity (Wildman–Crippen MR) is 86.9 cm³/mol. The van der Waals surface area contributed by atoms with Gasteiger partial charge in [-0.3, -0.25) is 4.79 Å². The molecule has 1 fully saturated rings. The summed E-state index contributed by atoms with van der Waals surface area (Å²) >= 11 is 5.77. The van der Waals surface area contributed by atoms with Gasteiger partial charge in [0.1, 0.15) is 0 Å². The zero-order valence-electron chi connectivity index (χ0n) is 10.6. The van der Waals surface area contributed by atoms with Crippen LogP contribution >= 0.6 is 38.5 Å². The average molecular weight is 421 g/mol. The fourth-order valence-corrected chi connectivity index (χ4v) is 3.74. The molecule has 0 spiro atoms. The lowest BCUT2D eigenvalue weighted by atomic mass is 9.77. The molecule has 1 aromatic carbocycles. The van der Waals surface area contributed by atoms with E-state index in [1.54, 1.807) is 0 Å². The van der Waals surface area contributed by atoms with Crippen LogP contribution in [-0.4, -0.2) is 5.78 Å². The molecule has 0 N–H and O–H groups in total. The normalized spacial score (nSPS) is 23.9. The molecule has 1 nitrogen and oxygen atoms in total. The molecule has 1 saturated carbocycles. The molecule has 0 amide bonds. The molecule has 2 unspecified atom stereocenters. The maximum absolute atomic E-state index is 12.6. The molecular formula is C15H18BrIO. The average Bonchev–Trinajstić information content (AvgIpc) is 2.41. The fourth-order valence-electron chi connectivity index (χ4n) is 2.81. The summed E-state index contributed by atoms with van der Waals surface area (Å²) in [5, 5.41) is 0. The Morgan fingerprint density at radius 3 is 2.94 bits per heavy atom. The van der Waals surface area contributed by atoms with Gasteiger partial charge in [-0.05, 0) is 59.5 Å². The number of Topliss-reactive ketones (excluding diaryl/α,β-unsaturated/α-hetero) is 1. The van der Waals surface area contributed by atoms with Crippen LogP contribution in [0, 0.1) is 15.4 Å². The molecular weight excluding hydrogens is 403 g/mol. The molecule has 0 aliphatic heterocycles. The van der Waals surface area contributed by atoms with Gasteiger partial charge in [0.25, 0.3) is 0 Å². The van der Waals surface area contributed by atoms with Gasteiger partial charge in [-0.25, -0.2) is 0 Å². The quantitative estimate of drug-likeness (QED) is 0.469. The van der Waals surface area contributed by atoms with Crippen LogP contribution in [0.25, 0.3) is 0 Å². The van der Waals surface area contributed by atoms with Crippen molar-refractivity contribution >= 4 is 44.3 Å². The summed E-state index contributed by atoms with van der Waals surface area (Å²) in [5.74, 6) is 1.31. The molecule has 1 aliphatic rings. The lowest BCUT2D eigenvalue weighted by molar-refractivity contribution is 0.0861. The van der Waals surface area contributed by atoms with Crippen molar-refractivity contribution in [3.05, 3.63) is 31.8 Å². The highest BCUT2D eigenvalue weighted by Crippen LogP contribution is 2.34. The van der Waals surface area contributed by atoms with Crippen LogP contribution in [0.4, 0.5) is 0 Å². The maximum atomic E-state index is 12.6. The van der Waals surface area contributed by atoms with Gasteiger partial charge >= 0.3 is 0 Å². The monoisotopic (exact) mass is 420 g/mol. The van der Waals surface area contributed by atoms with Crippen LogP contribution in [0.3, 0.4) is 0 Å². The predicted octanol–water partition coefficient (Wildman–Crippen LogP) is 5.45. The van der Waals surface area contributed by atoms with Crippen LogP contribution in [0.15, 0.2) is 22.7 Å².